The van der Waals surface area contributed by atoms with Crippen LogP contribution in [0.5, 0.6) is 28.7 Å². The number of hydrogen-bond donors (Lipinski definition) is 0. The van der Waals surface area contributed by atoms with Crippen molar-refractivity contribution in [1.82, 2.24) is 0 Å². The molecular weight excluding hydrogens is 721 g/mol. The smallest absolute Gasteiger partial charge is 0.204 e. The number of rotatable bonds is 28. The minimum absolute atomic E-state index is 0.0417. The lowest BCUT2D eigenvalue weighted by atomic mass is 9.96. The predicted octanol–water partition coefficient (Wildman–Crippen LogP) is 13.0. The van der Waals surface area contributed by atoms with Gasteiger partial charge in [-0.1, -0.05) is 88.6 Å². The molecule has 0 N–H and O–H groups in total. The summed E-state index contributed by atoms with van der Waals surface area (Å²) < 4.78 is 83.7. The molecule has 56 heavy (non-hydrogen) atoms. The third kappa shape index (κ3) is 15.6. The topological polar surface area (TPSA) is 46.2 Å². The van der Waals surface area contributed by atoms with E-state index in [1.54, 1.807) is 6.92 Å². The van der Waals surface area contributed by atoms with Crippen LogP contribution in [0.3, 0.4) is 0 Å². The van der Waals surface area contributed by atoms with Gasteiger partial charge in [-0.15, -0.1) is 0 Å². The molecule has 0 aliphatic heterocycles. The van der Waals surface area contributed by atoms with E-state index >= 15 is 0 Å². The van der Waals surface area contributed by atoms with Crippen LogP contribution in [-0.2, 0) is 12.8 Å². The average Bonchev–Trinajstić information content (AvgIpc) is 3.20. The summed E-state index contributed by atoms with van der Waals surface area (Å²) >= 11 is 0. The Morgan fingerprint density at radius 1 is 0.429 bits per heavy atom. The molecule has 306 valence electrons. The first-order chi connectivity index (χ1) is 27.2. The monoisotopic (exact) mass is 780 g/mol. The van der Waals surface area contributed by atoms with Gasteiger partial charge in [-0.2, -0.15) is 13.2 Å². The number of halogens is 4. The Hall–Kier alpha value is -4.40. The Bertz CT molecular complexity index is 1700. The molecule has 4 aromatic rings. The first-order valence-electron chi connectivity index (χ1n) is 20.5. The molecular formula is C47H60F4O5. The van der Waals surface area contributed by atoms with Crippen LogP contribution in [0.4, 0.5) is 17.6 Å². The largest absolute Gasteiger partial charge is 0.494 e. The minimum atomic E-state index is -1.02. The van der Waals surface area contributed by atoms with Gasteiger partial charge in [-0.25, -0.2) is 4.39 Å². The highest BCUT2D eigenvalue weighted by molar-refractivity contribution is 5.35. The summed E-state index contributed by atoms with van der Waals surface area (Å²) in [5.74, 6) is -1.59. The second kappa shape index (κ2) is 25.0. The Labute approximate surface area is 331 Å². The van der Waals surface area contributed by atoms with Gasteiger partial charge in [0.05, 0.1) is 33.0 Å². The molecule has 0 heterocycles. The Morgan fingerprint density at radius 2 is 0.821 bits per heavy atom. The summed E-state index contributed by atoms with van der Waals surface area (Å²) in [5, 5.41) is 0. The van der Waals surface area contributed by atoms with E-state index in [4.69, 9.17) is 23.7 Å². The fourth-order valence-electron chi connectivity index (χ4n) is 6.47. The maximum Gasteiger partial charge on any atom is 0.204 e. The van der Waals surface area contributed by atoms with Crippen molar-refractivity contribution in [2.24, 2.45) is 5.92 Å². The van der Waals surface area contributed by atoms with Crippen molar-refractivity contribution in [3.05, 3.63) is 113 Å². The summed E-state index contributed by atoms with van der Waals surface area (Å²) in [6, 6.07) is 21.9. The summed E-state index contributed by atoms with van der Waals surface area (Å²) in [7, 11) is 0. The summed E-state index contributed by atoms with van der Waals surface area (Å²) in [6.45, 7) is 7.90. The highest BCUT2D eigenvalue weighted by Crippen LogP contribution is 2.28. The molecule has 0 aromatic heterocycles. The Kier molecular flexibility index (Phi) is 19.8. The van der Waals surface area contributed by atoms with E-state index in [-0.39, 0.29) is 36.0 Å². The van der Waals surface area contributed by atoms with Gasteiger partial charge >= 0.3 is 0 Å². The van der Waals surface area contributed by atoms with Crippen molar-refractivity contribution in [2.75, 3.05) is 33.0 Å². The van der Waals surface area contributed by atoms with E-state index in [9.17, 15) is 17.6 Å². The number of benzene rings is 4. The lowest BCUT2D eigenvalue weighted by molar-refractivity contribution is 0.278. The van der Waals surface area contributed by atoms with E-state index in [1.165, 1.54) is 82.6 Å². The first kappa shape index (κ1) is 44.3. The molecule has 0 aliphatic carbocycles. The third-order valence-corrected chi connectivity index (χ3v) is 9.85. The SMILES string of the molecule is CCOc1ccc(OCCCc2ccc(OCCCCCCC(C)CCCCCCOc3ccc(CCCOc4ccc(C)c(F)c4F)cc3)cc2)c(F)c1F. The molecule has 0 amide bonds. The number of ether oxygens (including phenoxy) is 5. The average molecular weight is 781 g/mol. The lowest BCUT2D eigenvalue weighted by Gasteiger charge is -2.12. The number of unbranched alkanes of at least 4 members (excludes halogenated alkanes) is 6. The zero-order chi connectivity index (χ0) is 40.0. The van der Waals surface area contributed by atoms with Crippen LogP contribution in [0, 0.1) is 36.1 Å². The van der Waals surface area contributed by atoms with Crippen LogP contribution in [0.15, 0.2) is 72.8 Å². The molecule has 0 bridgehead atoms. The number of hydrogen-bond acceptors (Lipinski definition) is 5. The van der Waals surface area contributed by atoms with E-state index in [0.29, 0.717) is 32.7 Å². The molecule has 4 aromatic carbocycles. The molecule has 5 nitrogen and oxygen atoms in total. The summed E-state index contributed by atoms with van der Waals surface area (Å²) in [6.07, 6.45) is 14.9. The summed E-state index contributed by atoms with van der Waals surface area (Å²) in [4.78, 5) is 0. The van der Waals surface area contributed by atoms with Gasteiger partial charge in [0, 0.05) is 0 Å². The van der Waals surface area contributed by atoms with Crippen molar-refractivity contribution in [1.29, 1.82) is 0 Å². The maximum absolute atomic E-state index is 14.2. The Balaban J connectivity index is 0.926. The second-order valence-electron chi connectivity index (χ2n) is 14.5. The van der Waals surface area contributed by atoms with Crippen LogP contribution in [0.25, 0.3) is 0 Å². The quantitative estimate of drug-likeness (QED) is 0.0424. The molecule has 9 heteroatoms. The van der Waals surface area contributed by atoms with Crippen molar-refractivity contribution in [2.45, 2.75) is 111 Å². The molecule has 0 spiro atoms. The van der Waals surface area contributed by atoms with Crippen molar-refractivity contribution in [3.63, 3.8) is 0 Å². The van der Waals surface area contributed by atoms with Crippen molar-refractivity contribution >= 4 is 0 Å². The third-order valence-electron chi connectivity index (χ3n) is 9.85. The zero-order valence-electron chi connectivity index (χ0n) is 33.5. The lowest BCUT2D eigenvalue weighted by Crippen LogP contribution is -2.04. The highest BCUT2D eigenvalue weighted by Gasteiger charge is 2.16. The molecule has 0 fully saturated rings. The normalized spacial score (nSPS) is 11.7. The summed E-state index contributed by atoms with van der Waals surface area (Å²) in [5.41, 5.74) is 2.56. The fraction of sp³-hybridized carbons (Fsp3) is 0.489. The van der Waals surface area contributed by atoms with Gasteiger partial charge in [0.15, 0.2) is 23.1 Å². The van der Waals surface area contributed by atoms with Gasteiger partial charge in [-0.3, -0.25) is 0 Å². The van der Waals surface area contributed by atoms with Gasteiger partial charge in [0.25, 0.3) is 0 Å². The van der Waals surface area contributed by atoms with E-state index in [2.05, 4.69) is 6.92 Å². The molecule has 0 saturated carbocycles. The standard InChI is InChI=1S/C47H60F4O5/c1-4-52-41-29-30-43(47(51)46(41)50)56-34-14-18-38-22-26-40(27-23-38)54-32-12-8-6-10-16-35(2)15-9-5-7-11-31-53-39-24-20-37(21-25-39)17-13-33-55-42-28-19-36(3)44(48)45(42)49/h19-30,35H,4-18,31-34H2,1-3H3. The van der Waals surface area contributed by atoms with Gasteiger partial charge < -0.3 is 23.7 Å². The van der Waals surface area contributed by atoms with Gasteiger partial charge in [0.2, 0.25) is 17.5 Å². The van der Waals surface area contributed by atoms with E-state index < -0.39 is 23.3 Å². The molecule has 0 aliphatic rings. The zero-order valence-corrected chi connectivity index (χ0v) is 33.5. The molecule has 0 radical (unpaired) electrons. The van der Waals surface area contributed by atoms with Crippen LogP contribution in [0.1, 0.15) is 108 Å². The Morgan fingerprint density at radius 3 is 1.29 bits per heavy atom. The van der Waals surface area contributed by atoms with Gasteiger partial charge in [-0.05, 0) is 117 Å². The van der Waals surface area contributed by atoms with Crippen LogP contribution < -0.4 is 23.7 Å². The van der Waals surface area contributed by atoms with Crippen molar-refractivity contribution < 1.29 is 41.2 Å². The second-order valence-corrected chi connectivity index (χ2v) is 14.5. The van der Waals surface area contributed by atoms with E-state index in [0.717, 1.165) is 54.2 Å². The molecule has 0 saturated heterocycles. The first-order valence-corrected chi connectivity index (χ1v) is 20.5. The van der Waals surface area contributed by atoms with Gasteiger partial charge in [0.1, 0.15) is 11.5 Å². The minimum Gasteiger partial charge on any atom is -0.494 e. The van der Waals surface area contributed by atoms with Crippen LogP contribution in [-0.4, -0.2) is 33.0 Å². The van der Waals surface area contributed by atoms with E-state index in [1.807, 2.05) is 48.5 Å². The molecule has 1 atom stereocenters. The maximum atomic E-state index is 14.2. The van der Waals surface area contributed by atoms with Crippen molar-refractivity contribution in [3.8, 4) is 28.7 Å². The highest BCUT2D eigenvalue weighted by atomic mass is 19.2. The fourth-order valence-corrected chi connectivity index (χ4v) is 6.47. The number of aryl methyl sites for hydroxylation is 3. The molecule has 1 unspecified atom stereocenters. The molecule has 4 rings (SSSR count). The van der Waals surface area contributed by atoms with Crippen LogP contribution >= 0.6 is 0 Å². The van der Waals surface area contributed by atoms with Crippen LogP contribution in [0.2, 0.25) is 0 Å². The predicted molar refractivity (Wildman–Crippen MR) is 215 cm³/mol.